The van der Waals surface area contributed by atoms with Crippen molar-refractivity contribution in [1.29, 1.82) is 0 Å². The van der Waals surface area contributed by atoms with Crippen LogP contribution >= 0.6 is 0 Å². The van der Waals surface area contributed by atoms with Gasteiger partial charge in [-0.1, -0.05) is 0 Å². The number of primary amides is 1. The van der Waals surface area contributed by atoms with Crippen LogP contribution in [0.2, 0.25) is 0 Å². The van der Waals surface area contributed by atoms with Gasteiger partial charge < -0.3 is 26.2 Å². The van der Waals surface area contributed by atoms with Gasteiger partial charge in [0, 0.05) is 31.1 Å². The molecular weight excluding hydrogens is 578 g/mol. The fourth-order valence-electron chi connectivity index (χ4n) is 7.13. The molecule has 4 atom stereocenters. The summed E-state index contributed by atoms with van der Waals surface area (Å²) in [6, 6.07) is -0.459. The highest BCUT2D eigenvalue weighted by molar-refractivity contribution is 6.24. The number of benzene rings is 1. The Bertz CT molecular complexity index is 1470. The summed E-state index contributed by atoms with van der Waals surface area (Å²) in [7, 11) is 2.90. The molecule has 1 aromatic rings. The Morgan fingerprint density at radius 1 is 1.16 bits per heavy atom. The molecule has 1 fully saturated rings. The van der Waals surface area contributed by atoms with Crippen molar-refractivity contribution in [3.63, 3.8) is 0 Å². The van der Waals surface area contributed by atoms with Gasteiger partial charge in [0.05, 0.1) is 17.2 Å². The van der Waals surface area contributed by atoms with Crippen LogP contribution in [-0.4, -0.2) is 93.2 Å². The summed E-state index contributed by atoms with van der Waals surface area (Å²) in [4.78, 5) is 42.1. The molecule has 1 aromatic carbocycles. The van der Waals surface area contributed by atoms with Gasteiger partial charge in [-0.05, 0) is 68.8 Å². The van der Waals surface area contributed by atoms with Crippen molar-refractivity contribution in [3.8, 4) is 5.75 Å². The summed E-state index contributed by atoms with van der Waals surface area (Å²) >= 11 is 0. The average Bonchev–Trinajstić information content (AvgIpc) is 3.69. The van der Waals surface area contributed by atoms with Crippen molar-refractivity contribution in [1.82, 2.24) is 9.80 Å². The molecule has 0 aliphatic heterocycles. The van der Waals surface area contributed by atoms with Crippen LogP contribution in [0.25, 0.3) is 0 Å². The van der Waals surface area contributed by atoms with Gasteiger partial charge in [-0.15, -0.1) is 0 Å². The second-order valence-corrected chi connectivity index (χ2v) is 12.1. The average molecular weight is 612 g/mol. The first-order valence-electron chi connectivity index (χ1n) is 13.9. The number of phenolic OH excluding ortho intramolecular Hbond substituents is 1. The van der Waals surface area contributed by atoms with E-state index in [1.165, 1.54) is 23.9 Å². The number of carbonyl (C=O) groups is 3. The molecule has 0 unspecified atom stereocenters. The monoisotopic (exact) mass is 611 g/mol. The van der Waals surface area contributed by atoms with E-state index >= 15 is 0 Å². The third-order valence-electron chi connectivity index (χ3n) is 9.10. The minimum absolute atomic E-state index is 0.113. The molecule has 1 amide bonds. The standard InChI is InChI=1S/C29H33F4N3O7/c1-35(2)22-16-8-13-7-15-19(23(38)18(13)25(40)28(16,43)26(41)20(24(22)39)27(34)42)17(37)9-14(21(15)29(31,32)33)11-36(6-5-30)10-12-3-4-12/h9,12-13,16,22,37,39-40,43H,3-8,10-11H2,1-2H3,(H2,34,42)/t13-,16-,22-,28-/m0/s1. The molecule has 0 spiro atoms. The lowest BCUT2D eigenvalue weighted by Gasteiger charge is -2.50. The van der Waals surface area contributed by atoms with Crippen LogP contribution in [-0.2, 0) is 28.7 Å². The fourth-order valence-corrected chi connectivity index (χ4v) is 7.13. The number of aliphatic hydroxyl groups is 3. The molecule has 234 valence electrons. The predicted molar refractivity (Wildman–Crippen MR) is 143 cm³/mol. The topological polar surface area (TPSA) is 165 Å². The number of rotatable bonds is 8. The second-order valence-electron chi connectivity index (χ2n) is 12.1. The number of phenols is 1. The number of nitrogens with zero attached hydrogens (tertiary/aromatic N) is 2. The summed E-state index contributed by atoms with van der Waals surface area (Å²) in [6.45, 7) is -0.838. The quantitative estimate of drug-likeness (QED) is 0.219. The van der Waals surface area contributed by atoms with Crippen LogP contribution in [0, 0.1) is 17.8 Å². The number of hydrogen-bond donors (Lipinski definition) is 5. The Morgan fingerprint density at radius 2 is 1.81 bits per heavy atom. The fraction of sp³-hybridized carbons (Fsp3) is 0.552. The van der Waals surface area contributed by atoms with E-state index in [1.54, 1.807) is 0 Å². The lowest BCUT2D eigenvalue weighted by atomic mass is 9.58. The molecule has 4 aliphatic rings. The molecule has 43 heavy (non-hydrogen) atoms. The molecule has 0 saturated heterocycles. The van der Waals surface area contributed by atoms with Gasteiger partial charge in [0.1, 0.15) is 29.5 Å². The van der Waals surface area contributed by atoms with Crippen molar-refractivity contribution in [3.05, 3.63) is 51.0 Å². The van der Waals surface area contributed by atoms with Crippen LogP contribution in [0.5, 0.6) is 5.75 Å². The number of alkyl halides is 4. The van der Waals surface area contributed by atoms with Gasteiger partial charge in [0.2, 0.25) is 5.78 Å². The number of allylic oxidation sites excluding steroid dienone is 1. The minimum Gasteiger partial charge on any atom is -0.510 e. The SMILES string of the molecule is CN(C)[C@@H]1C(O)=C(C(N)=O)C(=O)[C@@]2(O)C(O)=C3C(=O)c4c(O)cc(CN(CCF)CC5CC5)c(C(F)(F)F)c4C[C@H]3C[C@@H]12. The van der Waals surface area contributed by atoms with Gasteiger partial charge in [-0.2, -0.15) is 13.2 Å². The first-order chi connectivity index (χ1) is 20.0. The van der Waals surface area contributed by atoms with E-state index in [9.17, 15) is 52.4 Å². The molecule has 0 radical (unpaired) electrons. The number of aliphatic hydroxyl groups excluding tert-OH is 2. The van der Waals surface area contributed by atoms with Gasteiger partial charge in [-0.3, -0.25) is 24.2 Å². The number of amides is 1. The van der Waals surface area contributed by atoms with E-state index in [4.69, 9.17) is 5.73 Å². The van der Waals surface area contributed by atoms with Gasteiger partial charge in [0.15, 0.2) is 11.4 Å². The number of carbonyl (C=O) groups excluding carboxylic acids is 3. The maximum absolute atomic E-state index is 14.7. The summed E-state index contributed by atoms with van der Waals surface area (Å²) in [5, 5.41) is 44.7. The molecule has 5 rings (SSSR count). The Hall–Kier alpha value is -3.49. The van der Waals surface area contributed by atoms with Crippen molar-refractivity contribution in [2.45, 2.75) is 50.0 Å². The molecule has 0 heterocycles. The number of likely N-dealkylation sites (N-methyl/N-ethyl adjacent to an activating group) is 1. The van der Waals surface area contributed by atoms with Crippen molar-refractivity contribution in [2.75, 3.05) is 33.9 Å². The molecule has 0 bridgehead atoms. The van der Waals surface area contributed by atoms with Crippen LogP contribution in [0.15, 0.2) is 28.7 Å². The maximum Gasteiger partial charge on any atom is 0.417 e. The molecule has 1 saturated carbocycles. The normalized spacial score (nSPS) is 27.5. The Kier molecular flexibility index (Phi) is 7.63. The number of hydrogen-bond acceptors (Lipinski definition) is 9. The molecule has 4 aliphatic carbocycles. The lowest BCUT2D eigenvalue weighted by Crippen LogP contribution is -2.63. The highest BCUT2D eigenvalue weighted by atomic mass is 19.4. The number of fused-ring (bicyclic) bond motifs is 3. The molecule has 14 heteroatoms. The van der Waals surface area contributed by atoms with Gasteiger partial charge in [0.25, 0.3) is 5.91 Å². The van der Waals surface area contributed by atoms with Crippen molar-refractivity contribution in [2.24, 2.45) is 23.5 Å². The first-order valence-corrected chi connectivity index (χ1v) is 13.9. The van der Waals surface area contributed by atoms with E-state index in [1.807, 2.05) is 0 Å². The van der Waals surface area contributed by atoms with Crippen molar-refractivity contribution < 1.29 is 52.4 Å². The van der Waals surface area contributed by atoms with Crippen molar-refractivity contribution >= 4 is 17.5 Å². The predicted octanol–water partition coefficient (Wildman–Crippen LogP) is 2.32. The third kappa shape index (κ3) is 4.89. The Morgan fingerprint density at radius 3 is 2.35 bits per heavy atom. The zero-order valence-corrected chi connectivity index (χ0v) is 23.5. The molecule has 10 nitrogen and oxygen atoms in total. The summed E-state index contributed by atoms with van der Waals surface area (Å²) in [5.74, 6) is -9.06. The number of ketones is 2. The zero-order chi connectivity index (χ0) is 31.8. The number of halogens is 4. The van der Waals surface area contributed by atoms with Gasteiger partial charge in [-0.25, -0.2) is 4.39 Å². The van der Waals surface area contributed by atoms with E-state index in [0.29, 0.717) is 6.54 Å². The maximum atomic E-state index is 14.7. The summed E-state index contributed by atoms with van der Waals surface area (Å²) in [5.41, 5.74) is -1.85. The highest BCUT2D eigenvalue weighted by Gasteiger charge is 2.63. The number of Topliss-reactive ketones (excluding diaryl/α,β-unsaturated/α-hetero) is 2. The minimum atomic E-state index is -4.97. The summed E-state index contributed by atoms with van der Waals surface area (Å²) < 4.78 is 57.4. The van der Waals surface area contributed by atoms with Crippen LogP contribution < -0.4 is 5.73 Å². The molecule has 6 N–H and O–H groups in total. The van der Waals surface area contributed by atoms with E-state index < -0.39 is 105 Å². The van der Waals surface area contributed by atoms with E-state index in [2.05, 4.69) is 0 Å². The summed E-state index contributed by atoms with van der Waals surface area (Å²) in [6.07, 6.45) is -4.05. The third-order valence-corrected chi connectivity index (χ3v) is 9.10. The smallest absolute Gasteiger partial charge is 0.417 e. The lowest BCUT2D eigenvalue weighted by molar-refractivity contribution is -0.148. The molecular formula is C29H33F4N3O7. The number of aromatic hydroxyl groups is 1. The zero-order valence-electron chi connectivity index (χ0n) is 23.5. The van der Waals surface area contributed by atoms with Crippen LogP contribution in [0.3, 0.4) is 0 Å². The van der Waals surface area contributed by atoms with Crippen LogP contribution in [0.1, 0.15) is 46.3 Å². The van der Waals surface area contributed by atoms with Crippen LogP contribution in [0.4, 0.5) is 17.6 Å². The first kappa shape index (κ1) is 31.0. The second kappa shape index (κ2) is 10.6. The van der Waals surface area contributed by atoms with Gasteiger partial charge >= 0.3 is 6.18 Å². The highest BCUT2D eigenvalue weighted by Crippen LogP contribution is 2.54. The van der Waals surface area contributed by atoms with E-state index in [-0.39, 0.29) is 31.0 Å². The Labute approximate surface area is 244 Å². The Balaban J connectivity index is 1.67. The number of nitrogens with two attached hydrogens (primary N) is 1. The largest absolute Gasteiger partial charge is 0.510 e. The molecule has 0 aromatic heterocycles. The van der Waals surface area contributed by atoms with E-state index in [0.717, 1.165) is 18.9 Å².